The third-order valence-electron chi connectivity index (χ3n) is 3.29. The Morgan fingerprint density at radius 2 is 1.90 bits per heavy atom. The lowest BCUT2D eigenvalue weighted by Gasteiger charge is -2.29. The van der Waals surface area contributed by atoms with Crippen molar-refractivity contribution in [3.63, 3.8) is 0 Å². The van der Waals surface area contributed by atoms with Gasteiger partial charge in [0.25, 0.3) is 5.69 Å². The highest BCUT2D eigenvalue weighted by Crippen LogP contribution is 2.23. The van der Waals surface area contributed by atoms with Crippen LogP contribution in [0.15, 0.2) is 23.1 Å². The van der Waals surface area contributed by atoms with Crippen LogP contribution >= 0.6 is 0 Å². The molecule has 21 heavy (non-hydrogen) atoms. The molecule has 0 aliphatic carbocycles. The van der Waals surface area contributed by atoms with E-state index in [1.807, 2.05) is 0 Å². The molecule has 1 aromatic rings. The van der Waals surface area contributed by atoms with Crippen molar-refractivity contribution in [3.8, 4) is 0 Å². The first-order valence-corrected chi connectivity index (χ1v) is 7.70. The standard InChI is InChI=1S/C12H18N2O6S/c1-3-12(7-15,8-16)13-21(19,20)11-5-4-10(14(17)18)6-9(11)2/h4-6,13,15-16H,3,7-8H2,1-2H3. The summed E-state index contributed by atoms with van der Waals surface area (Å²) in [6, 6.07) is 3.37. The number of aliphatic hydroxyl groups is 2. The highest BCUT2D eigenvalue weighted by atomic mass is 32.2. The fourth-order valence-electron chi connectivity index (χ4n) is 1.80. The molecule has 3 N–H and O–H groups in total. The molecule has 0 saturated carbocycles. The van der Waals surface area contributed by atoms with Crippen molar-refractivity contribution in [1.82, 2.24) is 4.72 Å². The number of rotatable bonds is 7. The molecule has 0 fully saturated rings. The predicted molar refractivity (Wildman–Crippen MR) is 75.3 cm³/mol. The molecule has 8 nitrogen and oxygen atoms in total. The van der Waals surface area contributed by atoms with Gasteiger partial charge < -0.3 is 10.2 Å². The Hall–Kier alpha value is -1.55. The van der Waals surface area contributed by atoms with Gasteiger partial charge in [-0.2, -0.15) is 0 Å². The maximum absolute atomic E-state index is 12.3. The molecule has 0 spiro atoms. The first kappa shape index (κ1) is 17.5. The van der Waals surface area contributed by atoms with Gasteiger partial charge in [-0.1, -0.05) is 6.92 Å². The number of benzene rings is 1. The van der Waals surface area contributed by atoms with Gasteiger partial charge in [0, 0.05) is 12.1 Å². The molecule has 9 heteroatoms. The van der Waals surface area contributed by atoms with Gasteiger partial charge in [-0.3, -0.25) is 10.1 Å². The number of nitro groups is 1. The van der Waals surface area contributed by atoms with E-state index in [-0.39, 0.29) is 22.6 Å². The maximum atomic E-state index is 12.3. The van der Waals surface area contributed by atoms with E-state index in [1.54, 1.807) is 6.92 Å². The van der Waals surface area contributed by atoms with Crippen LogP contribution < -0.4 is 4.72 Å². The minimum Gasteiger partial charge on any atom is -0.394 e. The highest BCUT2D eigenvalue weighted by molar-refractivity contribution is 7.89. The fourth-order valence-corrected chi connectivity index (χ4v) is 3.48. The monoisotopic (exact) mass is 318 g/mol. The average Bonchev–Trinajstić information content (AvgIpc) is 2.44. The van der Waals surface area contributed by atoms with E-state index in [4.69, 9.17) is 0 Å². The predicted octanol–water partition coefficient (Wildman–Crippen LogP) is 0.315. The number of aryl methyl sites for hydroxylation is 1. The van der Waals surface area contributed by atoms with Crippen molar-refractivity contribution in [2.75, 3.05) is 13.2 Å². The van der Waals surface area contributed by atoms with E-state index in [2.05, 4.69) is 4.72 Å². The van der Waals surface area contributed by atoms with Crippen LogP contribution in [0.2, 0.25) is 0 Å². The summed E-state index contributed by atoms with van der Waals surface area (Å²) >= 11 is 0. The molecule has 0 aliphatic heterocycles. The molecule has 0 saturated heterocycles. The molecule has 0 atom stereocenters. The van der Waals surface area contributed by atoms with E-state index in [0.29, 0.717) is 0 Å². The van der Waals surface area contributed by atoms with Crippen molar-refractivity contribution in [1.29, 1.82) is 0 Å². The fraction of sp³-hybridized carbons (Fsp3) is 0.500. The van der Waals surface area contributed by atoms with Crippen LogP contribution in [0.4, 0.5) is 5.69 Å². The molecule has 0 radical (unpaired) electrons. The van der Waals surface area contributed by atoms with Crippen molar-refractivity contribution >= 4 is 15.7 Å². The first-order chi connectivity index (χ1) is 9.71. The number of aliphatic hydroxyl groups excluding tert-OH is 2. The van der Waals surface area contributed by atoms with Gasteiger partial charge >= 0.3 is 0 Å². The topological polar surface area (TPSA) is 130 Å². The van der Waals surface area contributed by atoms with Crippen LogP contribution in [-0.2, 0) is 10.0 Å². The Morgan fingerprint density at radius 1 is 1.33 bits per heavy atom. The zero-order valence-electron chi connectivity index (χ0n) is 11.7. The quantitative estimate of drug-likeness (QED) is 0.490. The molecule has 0 amide bonds. The third kappa shape index (κ3) is 3.76. The lowest BCUT2D eigenvalue weighted by atomic mass is 10.0. The minimum atomic E-state index is -4.02. The summed E-state index contributed by atoms with van der Waals surface area (Å²) in [6.45, 7) is 1.93. The van der Waals surface area contributed by atoms with E-state index in [1.165, 1.54) is 6.92 Å². The molecular weight excluding hydrogens is 300 g/mol. The molecule has 0 heterocycles. The lowest BCUT2D eigenvalue weighted by Crippen LogP contribution is -2.53. The van der Waals surface area contributed by atoms with Crippen LogP contribution in [0.25, 0.3) is 0 Å². The average molecular weight is 318 g/mol. The van der Waals surface area contributed by atoms with Crippen molar-refractivity contribution in [2.24, 2.45) is 0 Å². The van der Waals surface area contributed by atoms with E-state index >= 15 is 0 Å². The zero-order valence-corrected chi connectivity index (χ0v) is 12.6. The summed E-state index contributed by atoms with van der Waals surface area (Å²) in [6.07, 6.45) is 0.186. The van der Waals surface area contributed by atoms with E-state index in [0.717, 1.165) is 18.2 Å². The highest BCUT2D eigenvalue weighted by Gasteiger charge is 2.33. The number of sulfonamides is 1. The van der Waals surface area contributed by atoms with Crippen molar-refractivity contribution in [3.05, 3.63) is 33.9 Å². The molecule has 0 bridgehead atoms. The number of hydrogen-bond donors (Lipinski definition) is 3. The molecule has 0 aromatic heterocycles. The number of nitrogens with zero attached hydrogens (tertiary/aromatic N) is 1. The smallest absolute Gasteiger partial charge is 0.269 e. The van der Waals surface area contributed by atoms with Crippen molar-refractivity contribution in [2.45, 2.75) is 30.7 Å². The molecule has 0 aliphatic rings. The lowest BCUT2D eigenvalue weighted by molar-refractivity contribution is -0.385. The number of non-ortho nitro benzene ring substituents is 1. The van der Waals surface area contributed by atoms with Crippen LogP contribution in [0.1, 0.15) is 18.9 Å². The van der Waals surface area contributed by atoms with Gasteiger partial charge in [-0.05, 0) is 25.0 Å². The summed E-state index contributed by atoms with van der Waals surface area (Å²) in [5.74, 6) is 0. The van der Waals surface area contributed by atoms with Crippen LogP contribution in [0, 0.1) is 17.0 Å². The van der Waals surface area contributed by atoms with Gasteiger partial charge in [-0.25, -0.2) is 13.1 Å². The van der Waals surface area contributed by atoms with Crippen LogP contribution in [0.3, 0.4) is 0 Å². The summed E-state index contributed by atoms with van der Waals surface area (Å²) in [5.41, 5.74) is -1.37. The van der Waals surface area contributed by atoms with Crippen LogP contribution in [-0.4, -0.2) is 42.3 Å². The second-order valence-corrected chi connectivity index (χ2v) is 6.41. The van der Waals surface area contributed by atoms with Crippen molar-refractivity contribution < 1.29 is 23.6 Å². The van der Waals surface area contributed by atoms with Crippen LogP contribution in [0.5, 0.6) is 0 Å². The number of nitrogens with one attached hydrogen (secondary N) is 1. The molecular formula is C12H18N2O6S. The third-order valence-corrected chi connectivity index (χ3v) is 5.03. The van der Waals surface area contributed by atoms with E-state index in [9.17, 15) is 28.7 Å². The van der Waals surface area contributed by atoms with Gasteiger partial charge in [0.15, 0.2) is 0 Å². The summed E-state index contributed by atoms with van der Waals surface area (Å²) in [5, 5.41) is 29.2. The summed E-state index contributed by atoms with van der Waals surface area (Å²) in [4.78, 5) is 9.91. The largest absolute Gasteiger partial charge is 0.394 e. The Labute approximate surface area is 122 Å². The number of hydrogen-bond acceptors (Lipinski definition) is 6. The van der Waals surface area contributed by atoms with Gasteiger partial charge in [0.05, 0.1) is 28.6 Å². The minimum absolute atomic E-state index is 0.132. The summed E-state index contributed by atoms with van der Waals surface area (Å²) in [7, 11) is -4.02. The zero-order chi connectivity index (χ0) is 16.3. The Bertz CT molecular complexity index is 616. The molecule has 0 unspecified atom stereocenters. The second kappa shape index (κ2) is 6.48. The SMILES string of the molecule is CCC(CO)(CO)NS(=O)(=O)c1ccc([N+](=O)[O-])cc1C. The molecule has 1 aromatic carbocycles. The first-order valence-electron chi connectivity index (χ1n) is 6.22. The Morgan fingerprint density at radius 3 is 2.29 bits per heavy atom. The normalized spacial score (nSPS) is 12.4. The van der Waals surface area contributed by atoms with Gasteiger partial charge in [0.1, 0.15) is 0 Å². The molecule has 118 valence electrons. The molecule has 1 rings (SSSR count). The Balaban J connectivity index is 3.23. The van der Waals surface area contributed by atoms with E-state index < -0.39 is 33.7 Å². The summed E-state index contributed by atoms with van der Waals surface area (Å²) < 4.78 is 26.9. The number of nitro benzene ring substituents is 1. The van der Waals surface area contributed by atoms with Gasteiger partial charge in [-0.15, -0.1) is 0 Å². The Kier molecular flexibility index (Phi) is 5.40. The van der Waals surface area contributed by atoms with Gasteiger partial charge in [0.2, 0.25) is 10.0 Å². The maximum Gasteiger partial charge on any atom is 0.269 e. The second-order valence-electron chi connectivity index (χ2n) is 4.76.